The molecule has 0 heterocycles. The van der Waals surface area contributed by atoms with E-state index >= 15 is 0 Å². The summed E-state index contributed by atoms with van der Waals surface area (Å²) >= 11 is 0. The predicted molar refractivity (Wildman–Crippen MR) is 71.5 cm³/mol. The van der Waals surface area contributed by atoms with Gasteiger partial charge in [0.05, 0.1) is 11.6 Å². The van der Waals surface area contributed by atoms with Gasteiger partial charge in [0.2, 0.25) is 0 Å². The van der Waals surface area contributed by atoms with E-state index in [0.29, 0.717) is 11.6 Å². The number of hydrogen-bond acceptors (Lipinski definition) is 2. The summed E-state index contributed by atoms with van der Waals surface area (Å²) in [4.78, 5) is 2.36. The molecule has 0 aromatic heterocycles. The fourth-order valence-corrected chi connectivity index (χ4v) is 1.69. The molecule has 0 unspecified atom stereocenters. The second kappa shape index (κ2) is 6.22. The predicted octanol–water partition coefficient (Wildman–Crippen LogP) is 3.34. The van der Waals surface area contributed by atoms with Crippen LogP contribution < -0.4 is 0 Å². The highest BCUT2D eigenvalue weighted by atomic mass is 15.1. The average molecular weight is 228 g/mol. The van der Waals surface area contributed by atoms with Crippen LogP contribution in [0.5, 0.6) is 0 Å². The van der Waals surface area contributed by atoms with Crippen molar-refractivity contribution in [2.24, 2.45) is 0 Å². The largest absolute Gasteiger partial charge is 0.293 e. The van der Waals surface area contributed by atoms with Crippen LogP contribution in [0.1, 0.15) is 31.9 Å². The molecule has 90 valence electrons. The summed E-state index contributed by atoms with van der Waals surface area (Å²) in [5.74, 6) is 0. The SMILES string of the molecule is C=C(C)CN(Cc1ccc(C#N)cc1)C(C)C. The van der Waals surface area contributed by atoms with Gasteiger partial charge < -0.3 is 0 Å². The summed E-state index contributed by atoms with van der Waals surface area (Å²) in [7, 11) is 0. The fraction of sp³-hybridized carbons (Fsp3) is 0.400. The Morgan fingerprint density at radius 3 is 2.35 bits per heavy atom. The molecule has 0 fully saturated rings. The van der Waals surface area contributed by atoms with E-state index in [-0.39, 0.29) is 0 Å². The van der Waals surface area contributed by atoms with Gasteiger partial charge >= 0.3 is 0 Å². The Morgan fingerprint density at radius 2 is 1.94 bits per heavy atom. The monoisotopic (exact) mass is 228 g/mol. The van der Waals surface area contributed by atoms with Gasteiger partial charge in [0.15, 0.2) is 0 Å². The standard InChI is InChI=1S/C15H20N2/c1-12(2)10-17(13(3)4)11-15-7-5-14(9-16)6-8-15/h5-8,13H,1,10-11H2,2-4H3. The minimum atomic E-state index is 0.488. The molecule has 0 saturated heterocycles. The van der Waals surface area contributed by atoms with Crippen LogP contribution in [0.2, 0.25) is 0 Å². The molecule has 0 aliphatic heterocycles. The molecule has 2 heteroatoms. The maximum absolute atomic E-state index is 8.75. The van der Waals surface area contributed by atoms with Crippen molar-refractivity contribution in [3.05, 3.63) is 47.5 Å². The van der Waals surface area contributed by atoms with Gasteiger partial charge in [-0.1, -0.05) is 24.3 Å². The molecule has 1 aromatic rings. The average Bonchev–Trinajstić information content (AvgIpc) is 2.28. The van der Waals surface area contributed by atoms with Crippen LogP contribution in [0.15, 0.2) is 36.4 Å². The molecule has 0 aliphatic rings. The lowest BCUT2D eigenvalue weighted by molar-refractivity contribution is 0.232. The minimum Gasteiger partial charge on any atom is -0.293 e. The normalized spacial score (nSPS) is 10.6. The van der Waals surface area contributed by atoms with Gasteiger partial charge in [-0.3, -0.25) is 4.90 Å². The zero-order valence-corrected chi connectivity index (χ0v) is 10.9. The van der Waals surface area contributed by atoms with Crippen molar-refractivity contribution in [2.75, 3.05) is 6.54 Å². The molecule has 0 amide bonds. The van der Waals surface area contributed by atoms with Crippen molar-refractivity contribution < 1.29 is 0 Å². The Morgan fingerprint density at radius 1 is 1.35 bits per heavy atom. The highest BCUT2D eigenvalue weighted by Crippen LogP contribution is 2.11. The van der Waals surface area contributed by atoms with Gasteiger partial charge in [0.25, 0.3) is 0 Å². The maximum Gasteiger partial charge on any atom is 0.0991 e. The van der Waals surface area contributed by atoms with E-state index in [4.69, 9.17) is 5.26 Å². The zero-order chi connectivity index (χ0) is 12.8. The summed E-state index contributed by atoms with van der Waals surface area (Å²) in [6, 6.07) is 10.4. The summed E-state index contributed by atoms with van der Waals surface area (Å²) in [6.07, 6.45) is 0. The molecule has 1 rings (SSSR count). The van der Waals surface area contributed by atoms with E-state index in [1.807, 2.05) is 31.2 Å². The Labute approximate surface area is 104 Å². The minimum absolute atomic E-state index is 0.488. The van der Waals surface area contributed by atoms with Crippen LogP contribution in [-0.4, -0.2) is 17.5 Å². The topological polar surface area (TPSA) is 27.0 Å². The van der Waals surface area contributed by atoms with Crippen LogP contribution in [-0.2, 0) is 6.54 Å². The quantitative estimate of drug-likeness (QED) is 0.723. The summed E-state index contributed by atoms with van der Waals surface area (Å²) in [6.45, 7) is 12.2. The van der Waals surface area contributed by atoms with Crippen molar-refractivity contribution in [1.82, 2.24) is 4.90 Å². The van der Waals surface area contributed by atoms with Crippen LogP contribution in [0.25, 0.3) is 0 Å². The van der Waals surface area contributed by atoms with Crippen molar-refractivity contribution in [2.45, 2.75) is 33.4 Å². The fourth-order valence-electron chi connectivity index (χ4n) is 1.69. The molecule has 0 saturated carbocycles. The lowest BCUT2D eigenvalue weighted by Crippen LogP contribution is -2.31. The molecular formula is C15H20N2. The van der Waals surface area contributed by atoms with Crippen molar-refractivity contribution in [3.63, 3.8) is 0 Å². The van der Waals surface area contributed by atoms with Crippen LogP contribution in [0.3, 0.4) is 0 Å². The van der Waals surface area contributed by atoms with Gasteiger partial charge in [0.1, 0.15) is 0 Å². The van der Waals surface area contributed by atoms with E-state index in [9.17, 15) is 0 Å². The van der Waals surface area contributed by atoms with Gasteiger partial charge in [-0.05, 0) is 38.5 Å². The van der Waals surface area contributed by atoms with E-state index < -0.39 is 0 Å². The summed E-state index contributed by atoms with van der Waals surface area (Å²) in [5, 5.41) is 8.75. The molecule has 0 spiro atoms. The zero-order valence-electron chi connectivity index (χ0n) is 10.9. The van der Waals surface area contributed by atoms with Gasteiger partial charge in [-0.25, -0.2) is 0 Å². The molecule has 0 aliphatic carbocycles. The molecule has 1 aromatic carbocycles. The van der Waals surface area contributed by atoms with E-state index in [0.717, 1.165) is 13.1 Å². The number of nitriles is 1. The molecule has 2 nitrogen and oxygen atoms in total. The number of hydrogen-bond donors (Lipinski definition) is 0. The Hall–Kier alpha value is -1.59. The van der Waals surface area contributed by atoms with Crippen LogP contribution in [0.4, 0.5) is 0 Å². The van der Waals surface area contributed by atoms with Gasteiger partial charge in [-0.15, -0.1) is 0 Å². The van der Waals surface area contributed by atoms with E-state index in [2.05, 4.69) is 31.4 Å². The first-order valence-corrected chi connectivity index (χ1v) is 5.90. The first-order valence-electron chi connectivity index (χ1n) is 5.90. The second-order valence-corrected chi connectivity index (χ2v) is 4.76. The third kappa shape index (κ3) is 4.42. The molecule has 0 bridgehead atoms. The smallest absolute Gasteiger partial charge is 0.0991 e. The molecule has 0 radical (unpaired) electrons. The highest BCUT2D eigenvalue weighted by molar-refractivity contribution is 5.31. The lowest BCUT2D eigenvalue weighted by atomic mass is 10.1. The third-order valence-electron chi connectivity index (χ3n) is 2.67. The number of nitrogens with zero attached hydrogens (tertiary/aromatic N) is 2. The van der Waals surface area contributed by atoms with Gasteiger partial charge in [0, 0.05) is 19.1 Å². The first-order chi connectivity index (χ1) is 8.02. The first kappa shape index (κ1) is 13.5. The van der Waals surface area contributed by atoms with Crippen LogP contribution in [0, 0.1) is 11.3 Å². The molecule has 0 atom stereocenters. The van der Waals surface area contributed by atoms with Crippen molar-refractivity contribution >= 4 is 0 Å². The Bertz CT molecular complexity index is 410. The highest BCUT2D eigenvalue weighted by Gasteiger charge is 2.09. The van der Waals surface area contributed by atoms with Gasteiger partial charge in [-0.2, -0.15) is 5.26 Å². The van der Waals surface area contributed by atoms with Crippen molar-refractivity contribution in [1.29, 1.82) is 5.26 Å². The molecular weight excluding hydrogens is 208 g/mol. The lowest BCUT2D eigenvalue weighted by Gasteiger charge is -2.26. The second-order valence-electron chi connectivity index (χ2n) is 4.76. The molecule has 0 N–H and O–H groups in total. The Balaban J connectivity index is 2.72. The summed E-state index contributed by atoms with van der Waals surface area (Å²) < 4.78 is 0. The number of benzene rings is 1. The maximum atomic E-state index is 8.75. The Kier molecular flexibility index (Phi) is 4.93. The van der Waals surface area contributed by atoms with Crippen molar-refractivity contribution in [3.8, 4) is 6.07 Å². The third-order valence-corrected chi connectivity index (χ3v) is 2.67. The number of rotatable bonds is 5. The van der Waals surface area contributed by atoms with E-state index in [1.54, 1.807) is 0 Å². The summed E-state index contributed by atoms with van der Waals surface area (Å²) in [5.41, 5.74) is 3.12. The molecule has 17 heavy (non-hydrogen) atoms. The van der Waals surface area contributed by atoms with E-state index in [1.165, 1.54) is 11.1 Å². The van der Waals surface area contributed by atoms with Crippen LogP contribution >= 0.6 is 0 Å².